The smallest absolute Gasteiger partial charge is 0.124 e. The fourth-order valence-corrected chi connectivity index (χ4v) is 2.64. The van der Waals surface area contributed by atoms with Crippen molar-refractivity contribution < 1.29 is 9.13 Å². The normalized spacial score (nSPS) is 23.0. The van der Waals surface area contributed by atoms with Crippen molar-refractivity contribution in [2.24, 2.45) is 5.73 Å². The predicted octanol–water partition coefficient (Wildman–Crippen LogP) is 3.12. The quantitative estimate of drug-likeness (QED) is 0.840. The Labute approximate surface area is 106 Å². The summed E-state index contributed by atoms with van der Waals surface area (Å²) in [6.45, 7) is 0. The summed E-state index contributed by atoms with van der Waals surface area (Å²) < 4.78 is 18.9. The number of thioether (sulfide) groups is 1. The van der Waals surface area contributed by atoms with Crippen LogP contribution in [0, 0.1) is 5.82 Å². The van der Waals surface area contributed by atoms with Crippen molar-refractivity contribution in [3.05, 3.63) is 29.6 Å². The fraction of sp³-hybridized carbons (Fsp3) is 0.538. The molecule has 2 atom stereocenters. The van der Waals surface area contributed by atoms with E-state index in [2.05, 4.69) is 6.26 Å². The molecule has 1 unspecified atom stereocenters. The molecule has 1 aromatic carbocycles. The zero-order valence-corrected chi connectivity index (χ0v) is 10.8. The van der Waals surface area contributed by atoms with Crippen molar-refractivity contribution in [2.45, 2.75) is 31.4 Å². The van der Waals surface area contributed by atoms with E-state index in [0.717, 1.165) is 36.3 Å². The van der Waals surface area contributed by atoms with Crippen LogP contribution in [0.5, 0.6) is 5.75 Å². The van der Waals surface area contributed by atoms with Crippen LogP contribution in [0.2, 0.25) is 0 Å². The predicted molar refractivity (Wildman–Crippen MR) is 70.0 cm³/mol. The lowest BCUT2D eigenvalue weighted by molar-refractivity contribution is 0.149. The first-order chi connectivity index (χ1) is 8.20. The standard InChI is InChI=1S/C13H18FNOS/c1-17-6-2-3-10-8-12(15)11-7-9(14)4-5-13(11)16-10/h4-5,7,10,12H,2-3,6,8,15H2,1H3/t10?,12-/m1/s1. The van der Waals surface area contributed by atoms with E-state index >= 15 is 0 Å². The number of hydrogen-bond acceptors (Lipinski definition) is 3. The van der Waals surface area contributed by atoms with Gasteiger partial charge in [-0.15, -0.1) is 0 Å². The van der Waals surface area contributed by atoms with E-state index in [1.54, 1.807) is 6.07 Å². The lowest BCUT2D eigenvalue weighted by Crippen LogP contribution is -2.29. The van der Waals surface area contributed by atoms with Gasteiger partial charge >= 0.3 is 0 Å². The Morgan fingerprint density at radius 3 is 3.12 bits per heavy atom. The molecular formula is C13H18FNOS. The largest absolute Gasteiger partial charge is 0.490 e. The van der Waals surface area contributed by atoms with Gasteiger partial charge in [-0.2, -0.15) is 11.8 Å². The van der Waals surface area contributed by atoms with Crippen molar-refractivity contribution in [2.75, 3.05) is 12.0 Å². The summed E-state index contributed by atoms with van der Waals surface area (Å²) in [6, 6.07) is 4.49. The van der Waals surface area contributed by atoms with E-state index in [1.165, 1.54) is 12.1 Å². The van der Waals surface area contributed by atoms with Gasteiger partial charge in [0.15, 0.2) is 0 Å². The average molecular weight is 255 g/mol. The van der Waals surface area contributed by atoms with E-state index in [4.69, 9.17) is 10.5 Å². The van der Waals surface area contributed by atoms with Crippen LogP contribution in [0.1, 0.15) is 30.9 Å². The zero-order valence-electron chi connectivity index (χ0n) is 9.99. The van der Waals surface area contributed by atoms with Gasteiger partial charge in [0.1, 0.15) is 17.7 Å². The number of halogens is 1. The molecule has 0 saturated carbocycles. The van der Waals surface area contributed by atoms with Crippen molar-refractivity contribution in [3.8, 4) is 5.75 Å². The maximum atomic E-state index is 13.1. The molecule has 0 spiro atoms. The SMILES string of the molecule is CSCCCC1C[C@@H](N)c2cc(F)ccc2O1. The highest BCUT2D eigenvalue weighted by molar-refractivity contribution is 7.98. The summed E-state index contributed by atoms with van der Waals surface area (Å²) in [7, 11) is 0. The van der Waals surface area contributed by atoms with Crippen LogP contribution in [0.15, 0.2) is 18.2 Å². The molecule has 4 heteroatoms. The van der Waals surface area contributed by atoms with Crippen LogP contribution in [0.4, 0.5) is 4.39 Å². The first-order valence-corrected chi connectivity index (χ1v) is 7.30. The monoisotopic (exact) mass is 255 g/mol. The molecule has 17 heavy (non-hydrogen) atoms. The molecule has 1 heterocycles. The summed E-state index contributed by atoms with van der Waals surface area (Å²) in [5.74, 6) is 1.65. The Morgan fingerprint density at radius 1 is 1.53 bits per heavy atom. The zero-order chi connectivity index (χ0) is 12.3. The summed E-state index contributed by atoms with van der Waals surface area (Å²) in [5.41, 5.74) is 6.86. The third kappa shape index (κ3) is 3.13. The lowest BCUT2D eigenvalue weighted by atomic mass is 9.95. The molecule has 94 valence electrons. The minimum atomic E-state index is -0.247. The van der Waals surface area contributed by atoms with Gasteiger partial charge in [0.25, 0.3) is 0 Å². The molecular weight excluding hydrogens is 237 g/mol. The number of fused-ring (bicyclic) bond motifs is 1. The lowest BCUT2D eigenvalue weighted by Gasteiger charge is -2.30. The second-order valence-electron chi connectivity index (χ2n) is 4.40. The van der Waals surface area contributed by atoms with Crippen LogP contribution < -0.4 is 10.5 Å². The highest BCUT2D eigenvalue weighted by Gasteiger charge is 2.25. The molecule has 0 fully saturated rings. The van der Waals surface area contributed by atoms with Gasteiger partial charge in [-0.05, 0) is 43.0 Å². The van der Waals surface area contributed by atoms with Crippen molar-refractivity contribution in [1.29, 1.82) is 0 Å². The Balaban J connectivity index is 2.03. The van der Waals surface area contributed by atoms with Crippen LogP contribution in [0.25, 0.3) is 0 Å². The van der Waals surface area contributed by atoms with Crippen molar-refractivity contribution in [3.63, 3.8) is 0 Å². The maximum absolute atomic E-state index is 13.1. The van der Waals surface area contributed by atoms with Gasteiger partial charge in [-0.1, -0.05) is 0 Å². The maximum Gasteiger partial charge on any atom is 0.124 e. The first-order valence-electron chi connectivity index (χ1n) is 5.91. The van der Waals surface area contributed by atoms with Crippen molar-refractivity contribution in [1.82, 2.24) is 0 Å². The van der Waals surface area contributed by atoms with Crippen LogP contribution >= 0.6 is 11.8 Å². The Kier molecular flexibility index (Phi) is 4.29. The summed E-state index contributed by atoms with van der Waals surface area (Å²) in [5, 5.41) is 0. The minimum Gasteiger partial charge on any atom is -0.490 e. The fourth-order valence-electron chi connectivity index (χ4n) is 2.19. The van der Waals surface area contributed by atoms with Gasteiger partial charge in [0.05, 0.1) is 0 Å². The summed E-state index contributed by atoms with van der Waals surface area (Å²) in [6.07, 6.45) is 5.21. The van der Waals surface area contributed by atoms with Gasteiger partial charge < -0.3 is 10.5 Å². The number of benzene rings is 1. The van der Waals surface area contributed by atoms with E-state index in [0.29, 0.717) is 0 Å². The van der Waals surface area contributed by atoms with Gasteiger partial charge in [0, 0.05) is 18.0 Å². The van der Waals surface area contributed by atoms with Crippen molar-refractivity contribution >= 4 is 11.8 Å². The molecule has 0 aliphatic carbocycles. The van der Waals surface area contributed by atoms with Gasteiger partial charge in [0.2, 0.25) is 0 Å². The molecule has 0 saturated heterocycles. The number of nitrogens with two attached hydrogens (primary N) is 1. The molecule has 0 bridgehead atoms. The van der Waals surface area contributed by atoms with E-state index < -0.39 is 0 Å². The molecule has 1 aromatic rings. The molecule has 2 rings (SSSR count). The molecule has 1 aliphatic rings. The third-order valence-corrected chi connectivity index (χ3v) is 3.75. The summed E-state index contributed by atoms with van der Waals surface area (Å²) >= 11 is 1.84. The van der Waals surface area contributed by atoms with Gasteiger partial charge in [-0.3, -0.25) is 0 Å². The Bertz CT molecular complexity index is 386. The minimum absolute atomic E-state index is 0.103. The summed E-state index contributed by atoms with van der Waals surface area (Å²) in [4.78, 5) is 0. The highest BCUT2D eigenvalue weighted by Crippen LogP contribution is 2.35. The topological polar surface area (TPSA) is 35.2 Å². The van der Waals surface area contributed by atoms with E-state index in [-0.39, 0.29) is 18.0 Å². The average Bonchev–Trinajstić information content (AvgIpc) is 2.31. The Morgan fingerprint density at radius 2 is 2.35 bits per heavy atom. The van der Waals surface area contributed by atoms with E-state index in [9.17, 15) is 4.39 Å². The molecule has 1 aliphatic heterocycles. The number of ether oxygens (including phenoxy) is 1. The first kappa shape index (κ1) is 12.7. The van der Waals surface area contributed by atoms with E-state index in [1.807, 2.05) is 11.8 Å². The molecule has 0 aromatic heterocycles. The highest BCUT2D eigenvalue weighted by atomic mass is 32.2. The van der Waals surface area contributed by atoms with Crippen LogP contribution in [0.3, 0.4) is 0 Å². The number of hydrogen-bond donors (Lipinski definition) is 1. The molecule has 2 N–H and O–H groups in total. The second-order valence-corrected chi connectivity index (χ2v) is 5.38. The van der Waals surface area contributed by atoms with Gasteiger partial charge in [-0.25, -0.2) is 4.39 Å². The van der Waals surface area contributed by atoms with Crippen LogP contribution in [-0.2, 0) is 0 Å². The Hall–Kier alpha value is -0.740. The molecule has 0 amide bonds. The second kappa shape index (κ2) is 5.74. The molecule has 2 nitrogen and oxygen atoms in total. The van der Waals surface area contributed by atoms with Crippen LogP contribution in [-0.4, -0.2) is 18.1 Å². The number of rotatable bonds is 4. The molecule has 0 radical (unpaired) electrons. The third-order valence-electron chi connectivity index (χ3n) is 3.06.